The van der Waals surface area contributed by atoms with E-state index in [0.717, 1.165) is 19.3 Å². The van der Waals surface area contributed by atoms with Crippen LogP contribution in [-0.2, 0) is 9.53 Å². The highest BCUT2D eigenvalue weighted by atomic mass is 16.5. The Morgan fingerprint density at radius 1 is 1.31 bits per heavy atom. The van der Waals surface area contributed by atoms with Gasteiger partial charge in [-0.1, -0.05) is 12.8 Å². The van der Waals surface area contributed by atoms with E-state index in [1.54, 1.807) is 13.8 Å². The minimum atomic E-state index is -0.982. The molecular formula is C13H22O3. The van der Waals surface area contributed by atoms with Gasteiger partial charge in [-0.2, -0.15) is 0 Å². The average Bonchev–Trinajstić information content (AvgIpc) is 2.27. The summed E-state index contributed by atoms with van der Waals surface area (Å²) in [6.07, 6.45) is 5.33. The van der Waals surface area contributed by atoms with Gasteiger partial charge in [0.2, 0.25) is 0 Å². The van der Waals surface area contributed by atoms with Crippen LogP contribution in [0.5, 0.6) is 0 Å². The van der Waals surface area contributed by atoms with Crippen molar-refractivity contribution in [2.24, 2.45) is 17.3 Å². The maximum Gasteiger partial charge on any atom is 0.315 e. The second-order valence-electron chi connectivity index (χ2n) is 5.94. The molecule has 0 radical (unpaired) electrons. The average molecular weight is 226 g/mol. The fourth-order valence-corrected chi connectivity index (χ4v) is 3.91. The van der Waals surface area contributed by atoms with E-state index in [2.05, 4.69) is 0 Å². The summed E-state index contributed by atoms with van der Waals surface area (Å²) in [7, 11) is 1.43. The summed E-state index contributed by atoms with van der Waals surface area (Å²) in [6, 6.07) is 0. The Bertz CT molecular complexity index is 284. The molecule has 0 spiro atoms. The zero-order valence-corrected chi connectivity index (χ0v) is 10.5. The van der Waals surface area contributed by atoms with E-state index in [-0.39, 0.29) is 5.97 Å². The number of carbonyl (C=O) groups is 1. The summed E-state index contributed by atoms with van der Waals surface area (Å²) in [4.78, 5) is 12.1. The van der Waals surface area contributed by atoms with E-state index >= 15 is 0 Å². The van der Waals surface area contributed by atoms with Gasteiger partial charge in [0.25, 0.3) is 0 Å². The van der Waals surface area contributed by atoms with Gasteiger partial charge in [0, 0.05) is 0 Å². The number of hydrogen-bond acceptors (Lipinski definition) is 3. The third kappa shape index (κ3) is 1.48. The summed E-state index contributed by atoms with van der Waals surface area (Å²) in [6.45, 7) is 3.51. The first-order chi connectivity index (χ1) is 7.41. The number of aliphatic hydroxyl groups is 1. The molecule has 0 aromatic rings. The lowest BCUT2D eigenvalue weighted by Gasteiger charge is -2.54. The standard InChI is InChI=1S/C13H22O3/c1-12(2,15)13(11(14)16-3)8-9-4-6-10(13)7-5-9/h9-10,15H,4-8H2,1-3H3. The third-order valence-corrected chi connectivity index (χ3v) is 4.80. The number of carbonyl (C=O) groups excluding carboxylic acids is 1. The number of methoxy groups -OCH3 is 1. The normalized spacial score (nSPS) is 38.5. The lowest BCUT2D eigenvalue weighted by atomic mass is 9.50. The van der Waals surface area contributed by atoms with Crippen LogP contribution < -0.4 is 0 Å². The van der Waals surface area contributed by atoms with Gasteiger partial charge in [-0.25, -0.2) is 0 Å². The van der Waals surface area contributed by atoms with Crippen LogP contribution in [0.4, 0.5) is 0 Å². The number of esters is 1. The van der Waals surface area contributed by atoms with Crippen LogP contribution in [-0.4, -0.2) is 23.8 Å². The van der Waals surface area contributed by atoms with E-state index < -0.39 is 11.0 Å². The van der Waals surface area contributed by atoms with Crippen LogP contribution in [0, 0.1) is 17.3 Å². The summed E-state index contributed by atoms with van der Waals surface area (Å²) in [5.74, 6) is 0.676. The Labute approximate surface area is 97.2 Å². The van der Waals surface area contributed by atoms with Crippen LogP contribution in [0.1, 0.15) is 46.0 Å². The second kappa shape index (κ2) is 3.73. The molecule has 0 aliphatic heterocycles. The molecule has 0 aromatic carbocycles. The molecule has 92 valence electrons. The van der Waals surface area contributed by atoms with Crippen LogP contribution >= 0.6 is 0 Å². The molecule has 16 heavy (non-hydrogen) atoms. The summed E-state index contributed by atoms with van der Waals surface area (Å²) >= 11 is 0. The van der Waals surface area contributed by atoms with Crippen molar-refractivity contribution in [3.63, 3.8) is 0 Å². The maximum atomic E-state index is 12.1. The molecular weight excluding hydrogens is 204 g/mol. The van der Waals surface area contributed by atoms with Crippen LogP contribution in [0.3, 0.4) is 0 Å². The van der Waals surface area contributed by atoms with Crippen molar-refractivity contribution >= 4 is 5.97 Å². The molecule has 1 atom stereocenters. The zero-order valence-electron chi connectivity index (χ0n) is 10.5. The van der Waals surface area contributed by atoms with Crippen molar-refractivity contribution in [3.8, 4) is 0 Å². The number of fused-ring (bicyclic) bond motifs is 3. The van der Waals surface area contributed by atoms with Crippen molar-refractivity contribution in [3.05, 3.63) is 0 Å². The molecule has 3 aliphatic carbocycles. The van der Waals surface area contributed by atoms with Crippen molar-refractivity contribution in [1.82, 2.24) is 0 Å². The fourth-order valence-electron chi connectivity index (χ4n) is 3.91. The summed E-state index contributed by atoms with van der Waals surface area (Å²) in [5, 5.41) is 10.4. The van der Waals surface area contributed by atoms with E-state index in [1.807, 2.05) is 0 Å². The smallest absolute Gasteiger partial charge is 0.315 e. The largest absolute Gasteiger partial charge is 0.469 e. The number of hydrogen-bond donors (Lipinski definition) is 1. The Balaban J connectivity index is 2.39. The van der Waals surface area contributed by atoms with Gasteiger partial charge in [-0.05, 0) is 44.9 Å². The molecule has 3 aliphatic rings. The Hall–Kier alpha value is -0.570. The van der Waals surface area contributed by atoms with Gasteiger partial charge >= 0.3 is 5.97 Å². The van der Waals surface area contributed by atoms with Crippen molar-refractivity contribution in [2.45, 2.75) is 51.6 Å². The molecule has 3 saturated carbocycles. The van der Waals surface area contributed by atoms with Gasteiger partial charge in [0.15, 0.2) is 0 Å². The molecule has 0 aromatic heterocycles. The fraction of sp³-hybridized carbons (Fsp3) is 0.923. The van der Waals surface area contributed by atoms with E-state index in [1.165, 1.54) is 20.0 Å². The van der Waals surface area contributed by atoms with Crippen molar-refractivity contribution in [1.29, 1.82) is 0 Å². The van der Waals surface area contributed by atoms with E-state index in [0.29, 0.717) is 11.8 Å². The van der Waals surface area contributed by atoms with Gasteiger partial charge in [0.1, 0.15) is 0 Å². The third-order valence-electron chi connectivity index (χ3n) is 4.80. The van der Waals surface area contributed by atoms with Crippen LogP contribution in [0.2, 0.25) is 0 Å². The lowest BCUT2D eigenvalue weighted by molar-refractivity contribution is -0.194. The van der Waals surface area contributed by atoms with Crippen molar-refractivity contribution in [2.75, 3.05) is 7.11 Å². The Morgan fingerprint density at radius 3 is 2.19 bits per heavy atom. The van der Waals surface area contributed by atoms with E-state index in [4.69, 9.17) is 4.74 Å². The predicted octanol–water partition coefficient (Wildman–Crippen LogP) is 2.13. The topological polar surface area (TPSA) is 46.5 Å². The number of ether oxygens (including phenoxy) is 1. The molecule has 2 bridgehead atoms. The number of rotatable bonds is 2. The van der Waals surface area contributed by atoms with Crippen LogP contribution in [0.25, 0.3) is 0 Å². The molecule has 3 rings (SSSR count). The van der Waals surface area contributed by atoms with Gasteiger partial charge in [-0.3, -0.25) is 4.79 Å². The first-order valence-corrected chi connectivity index (χ1v) is 6.22. The van der Waals surface area contributed by atoms with Gasteiger partial charge in [0.05, 0.1) is 18.1 Å². The maximum absolute atomic E-state index is 12.1. The quantitative estimate of drug-likeness (QED) is 0.734. The molecule has 3 fully saturated rings. The highest BCUT2D eigenvalue weighted by Gasteiger charge is 2.60. The Morgan fingerprint density at radius 2 is 1.88 bits per heavy atom. The first kappa shape index (κ1) is 11.9. The van der Waals surface area contributed by atoms with Crippen molar-refractivity contribution < 1.29 is 14.6 Å². The molecule has 0 heterocycles. The predicted molar refractivity (Wildman–Crippen MR) is 60.8 cm³/mol. The molecule has 1 N–H and O–H groups in total. The monoisotopic (exact) mass is 226 g/mol. The minimum Gasteiger partial charge on any atom is -0.469 e. The summed E-state index contributed by atoms with van der Waals surface area (Å²) < 4.78 is 4.97. The molecule has 0 amide bonds. The second-order valence-corrected chi connectivity index (χ2v) is 5.94. The van der Waals surface area contributed by atoms with Gasteiger partial charge < -0.3 is 9.84 Å². The Kier molecular flexibility index (Phi) is 2.77. The summed E-state index contributed by atoms with van der Waals surface area (Å²) in [5.41, 5.74) is -1.65. The first-order valence-electron chi connectivity index (χ1n) is 6.22. The van der Waals surface area contributed by atoms with Crippen LogP contribution in [0.15, 0.2) is 0 Å². The molecule has 0 saturated heterocycles. The lowest BCUT2D eigenvalue weighted by Crippen LogP contribution is -2.59. The van der Waals surface area contributed by atoms with Gasteiger partial charge in [-0.15, -0.1) is 0 Å². The molecule has 3 nitrogen and oxygen atoms in total. The SMILES string of the molecule is COC(=O)C1(C(C)(C)O)CC2CCC1CC2. The molecule has 3 heteroatoms. The molecule has 1 unspecified atom stereocenters. The van der Waals surface area contributed by atoms with E-state index in [9.17, 15) is 9.90 Å². The minimum absolute atomic E-state index is 0.214. The highest BCUT2D eigenvalue weighted by Crippen LogP contribution is 2.57. The zero-order chi connectivity index (χ0) is 12.0. The highest BCUT2D eigenvalue weighted by molar-refractivity contribution is 5.79.